The van der Waals surface area contributed by atoms with E-state index in [0.717, 1.165) is 23.6 Å². The first kappa shape index (κ1) is 11.2. The van der Waals surface area contributed by atoms with Crippen molar-refractivity contribution >= 4 is 21.8 Å². The molecule has 0 heterocycles. The third-order valence-corrected chi connectivity index (χ3v) is 4.30. The second-order valence-electron chi connectivity index (χ2n) is 3.46. The SMILES string of the molecule is CN(C)S(=O)(=O)NC1CCCC1Cl. The van der Waals surface area contributed by atoms with Gasteiger partial charge in [0.25, 0.3) is 10.2 Å². The van der Waals surface area contributed by atoms with E-state index in [1.54, 1.807) is 0 Å². The first-order valence-electron chi connectivity index (χ1n) is 4.27. The number of hydrogen-bond donors (Lipinski definition) is 1. The molecule has 0 aliphatic heterocycles. The molecule has 1 aliphatic rings. The number of hydrogen-bond acceptors (Lipinski definition) is 2. The van der Waals surface area contributed by atoms with Crippen LogP contribution in [0, 0.1) is 0 Å². The summed E-state index contributed by atoms with van der Waals surface area (Å²) in [5, 5.41) is -0.0604. The third kappa shape index (κ3) is 2.80. The van der Waals surface area contributed by atoms with Gasteiger partial charge in [-0.2, -0.15) is 17.4 Å². The topological polar surface area (TPSA) is 49.4 Å². The van der Waals surface area contributed by atoms with Gasteiger partial charge in [-0.3, -0.25) is 0 Å². The van der Waals surface area contributed by atoms with Gasteiger partial charge in [0.2, 0.25) is 0 Å². The molecule has 13 heavy (non-hydrogen) atoms. The maximum Gasteiger partial charge on any atom is 0.279 e. The molecule has 0 aromatic heterocycles. The molecule has 1 aliphatic carbocycles. The van der Waals surface area contributed by atoms with Crippen LogP contribution < -0.4 is 4.72 Å². The molecule has 0 aromatic rings. The maximum absolute atomic E-state index is 11.4. The predicted molar refractivity (Wildman–Crippen MR) is 53.0 cm³/mol. The Morgan fingerprint density at radius 3 is 2.38 bits per heavy atom. The van der Waals surface area contributed by atoms with Gasteiger partial charge in [-0.15, -0.1) is 11.6 Å². The fourth-order valence-corrected chi connectivity index (χ4v) is 2.64. The minimum atomic E-state index is -3.32. The quantitative estimate of drug-likeness (QED) is 0.715. The second-order valence-corrected chi connectivity index (χ2v) is 5.94. The van der Waals surface area contributed by atoms with E-state index < -0.39 is 10.2 Å². The van der Waals surface area contributed by atoms with Crippen molar-refractivity contribution in [3.05, 3.63) is 0 Å². The largest absolute Gasteiger partial charge is 0.279 e. The Labute approximate surface area is 84.4 Å². The van der Waals surface area contributed by atoms with Crippen molar-refractivity contribution in [2.75, 3.05) is 14.1 Å². The van der Waals surface area contributed by atoms with Gasteiger partial charge in [-0.1, -0.05) is 6.42 Å². The summed E-state index contributed by atoms with van der Waals surface area (Å²) < 4.78 is 26.5. The summed E-state index contributed by atoms with van der Waals surface area (Å²) in [5.41, 5.74) is 0. The summed E-state index contributed by atoms with van der Waals surface area (Å²) >= 11 is 5.94. The van der Waals surface area contributed by atoms with E-state index in [9.17, 15) is 8.42 Å². The Morgan fingerprint density at radius 1 is 1.38 bits per heavy atom. The van der Waals surface area contributed by atoms with Crippen LogP contribution in [0.15, 0.2) is 0 Å². The second kappa shape index (κ2) is 4.13. The van der Waals surface area contributed by atoms with Crippen LogP contribution in [-0.4, -0.2) is 38.2 Å². The van der Waals surface area contributed by atoms with Gasteiger partial charge in [0.1, 0.15) is 0 Å². The molecule has 0 radical (unpaired) electrons. The molecule has 0 spiro atoms. The number of alkyl halides is 1. The molecular formula is C7H15ClN2O2S. The highest BCUT2D eigenvalue weighted by atomic mass is 35.5. The average molecular weight is 227 g/mol. The molecule has 6 heteroatoms. The van der Waals surface area contributed by atoms with E-state index in [4.69, 9.17) is 11.6 Å². The summed E-state index contributed by atoms with van der Waals surface area (Å²) in [5.74, 6) is 0. The molecule has 1 N–H and O–H groups in total. The highest BCUT2D eigenvalue weighted by molar-refractivity contribution is 7.87. The van der Waals surface area contributed by atoms with Crippen molar-refractivity contribution in [3.63, 3.8) is 0 Å². The Hall–Kier alpha value is 0.160. The van der Waals surface area contributed by atoms with Crippen molar-refractivity contribution in [1.82, 2.24) is 9.03 Å². The predicted octanol–water partition coefficient (Wildman–Crippen LogP) is 0.542. The molecule has 4 nitrogen and oxygen atoms in total. The summed E-state index contributed by atoms with van der Waals surface area (Å²) in [6.07, 6.45) is 2.72. The molecule has 0 aromatic carbocycles. The monoisotopic (exact) mass is 226 g/mol. The lowest BCUT2D eigenvalue weighted by Gasteiger charge is -2.19. The number of nitrogens with one attached hydrogen (secondary N) is 1. The van der Waals surface area contributed by atoms with Gasteiger partial charge >= 0.3 is 0 Å². The van der Waals surface area contributed by atoms with Crippen LogP contribution in [0.1, 0.15) is 19.3 Å². The normalized spacial score (nSPS) is 29.8. The van der Waals surface area contributed by atoms with Gasteiger partial charge in [-0.05, 0) is 12.8 Å². The lowest BCUT2D eigenvalue weighted by molar-refractivity contribution is 0.487. The van der Waals surface area contributed by atoms with Crippen LogP contribution in [0.5, 0.6) is 0 Å². The molecule has 0 bridgehead atoms. The van der Waals surface area contributed by atoms with Gasteiger partial charge in [0.15, 0.2) is 0 Å². The summed E-state index contributed by atoms with van der Waals surface area (Å²) in [6.45, 7) is 0. The average Bonchev–Trinajstić information content (AvgIpc) is 2.35. The molecule has 2 unspecified atom stereocenters. The Balaban J connectivity index is 2.58. The van der Waals surface area contributed by atoms with Crippen LogP contribution in [0.25, 0.3) is 0 Å². The molecular weight excluding hydrogens is 212 g/mol. The van der Waals surface area contributed by atoms with Crippen LogP contribution >= 0.6 is 11.6 Å². The lowest BCUT2D eigenvalue weighted by atomic mass is 10.3. The summed E-state index contributed by atoms with van der Waals surface area (Å²) in [7, 11) is -0.315. The third-order valence-electron chi connectivity index (χ3n) is 2.21. The Bertz CT molecular complexity index is 266. The minimum absolute atomic E-state index is 0.0604. The van der Waals surface area contributed by atoms with E-state index in [0.29, 0.717) is 0 Å². The van der Waals surface area contributed by atoms with E-state index in [1.165, 1.54) is 14.1 Å². The van der Waals surface area contributed by atoms with Crippen LogP contribution in [0.2, 0.25) is 0 Å². The summed E-state index contributed by atoms with van der Waals surface area (Å²) in [6, 6.07) is -0.103. The zero-order valence-electron chi connectivity index (χ0n) is 7.83. The van der Waals surface area contributed by atoms with E-state index in [1.807, 2.05) is 0 Å². The number of halogens is 1. The number of nitrogens with zero attached hydrogens (tertiary/aromatic N) is 1. The highest BCUT2D eigenvalue weighted by Crippen LogP contribution is 2.24. The summed E-state index contributed by atoms with van der Waals surface area (Å²) in [4.78, 5) is 0. The smallest absolute Gasteiger partial charge is 0.198 e. The standard InChI is InChI=1S/C7H15ClN2O2S/c1-10(2)13(11,12)9-7-5-3-4-6(7)8/h6-7,9H,3-5H2,1-2H3. The maximum atomic E-state index is 11.4. The zero-order chi connectivity index (χ0) is 10.1. The van der Waals surface area contributed by atoms with Crippen LogP contribution in [0.4, 0.5) is 0 Å². The molecule has 78 valence electrons. The first-order chi connectivity index (χ1) is 5.93. The van der Waals surface area contributed by atoms with Crippen molar-refractivity contribution in [1.29, 1.82) is 0 Å². The first-order valence-corrected chi connectivity index (χ1v) is 6.15. The molecule has 1 saturated carbocycles. The Kier molecular flexibility index (Phi) is 3.57. The van der Waals surface area contributed by atoms with Gasteiger partial charge in [0.05, 0.1) is 0 Å². The Morgan fingerprint density at radius 2 is 2.00 bits per heavy atom. The minimum Gasteiger partial charge on any atom is -0.198 e. The van der Waals surface area contributed by atoms with Crippen molar-refractivity contribution < 1.29 is 8.42 Å². The van der Waals surface area contributed by atoms with Crippen molar-refractivity contribution in [2.45, 2.75) is 30.7 Å². The van der Waals surface area contributed by atoms with Gasteiger partial charge in [-0.25, -0.2) is 0 Å². The zero-order valence-corrected chi connectivity index (χ0v) is 9.40. The van der Waals surface area contributed by atoms with Crippen molar-refractivity contribution in [2.24, 2.45) is 0 Å². The fourth-order valence-electron chi connectivity index (χ4n) is 1.34. The highest BCUT2D eigenvalue weighted by Gasteiger charge is 2.29. The molecule has 1 rings (SSSR count). The van der Waals surface area contributed by atoms with Gasteiger partial charge in [0, 0.05) is 25.5 Å². The molecule has 2 atom stereocenters. The van der Waals surface area contributed by atoms with Crippen LogP contribution in [0.3, 0.4) is 0 Å². The van der Waals surface area contributed by atoms with Crippen LogP contribution in [-0.2, 0) is 10.2 Å². The van der Waals surface area contributed by atoms with E-state index in [-0.39, 0.29) is 11.4 Å². The van der Waals surface area contributed by atoms with E-state index in [2.05, 4.69) is 4.72 Å². The molecule has 0 amide bonds. The molecule has 1 fully saturated rings. The lowest BCUT2D eigenvalue weighted by Crippen LogP contribution is -2.44. The van der Waals surface area contributed by atoms with Gasteiger partial charge < -0.3 is 0 Å². The number of rotatable bonds is 3. The molecule has 0 saturated heterocycles. The fraction of sp³-hybridized carbons (Fsp3) is 1.00. The van der Waals surface area contributed by atoms with E-state index >= 15 is 0 Å². The van der Waals surface area contributed by atoms with Crippen molar-refractivity contribution in [3.8, 4) is 0 Å².